The van der Waals surface area contributed by atoms with E-state index in [0.29, 0.717) is 11.5 Å². The highest BCUT2D eigenvalue weighted by Gasteiger charge is 2.46. The zero-order valence-corrected chi connectivity index (χ0v) is 14.3. The fourth-order valence-electron chi connectivity index (χ4n) is 2.79. The molecule has 3 rings (SSSR count). The molecule has 2 aliphatic heterocycles. The molecule has 12 nitrogen and oxygen atoms in total. The zero-order chi connectivity index (χ0) is 18.4. The number of fused-ring (bicyclic) bond motifs is 1. The van der Waals surface area contributed by atoms with Crippen LogP contribution in [0.15, 0.2) is 11.3 Å². The van der Waals surface area contributed by atoms with E-state index in [-0.39, 0.29) is 5.96 Å². The van der Waals surface area contributed by atoms with E-state index in [9.17, 15) is 14.8 Å². The van der Waals surface area contributed by atoms with Gasteiger partial charge in [0, 0.05) is 5.92 Å². The summed E-state index contributed by atoms with van der Waals surface area (Å²) in [6, 6.07) is 0. The summed E-state index contributed by atoms with van der Waals surface area (Å²) in [7, 11) is -4.71. The van der Waals surface area contributed by atoms with Crippen LogP contribution in [0.4, 0.5) is 5.82 Å². The lowest BCUT2D eigenvalue weighted by Gasteiger charge is -2.22. The first-order valence-electron chi connectivity index (χ1n) is 7.17. The van der Waals surface area contributed by atoms with Crippen LogP contribution in [0.5, 0.6) is 0 Å². The minimum Gasteiger partial charge on any atom is -0.396 e. The predicted octanol–water partition coefficient (Wildman–Crippen LogP) is -1.16. The standard InChI is InChI=1S/C11H17ClN5O7P/c12-8-6-9(16-11(13)15-8)17(3-14-6)10-7(19)4(1-18)5(24-10)2-23-25(20,21)22/h3-5,7-8,10,18-19H,1-2H2,(H3,13,15,16)(H2,20,21,22)/t4?,5-,7?,8?,10-/m1/s1. The summed E-state index contributed by atoms with van der Waals surface area (Å²) in [5.74, 6) is -0.400. The first-order chi connectivity index (χ1) is 11.7. The van der Waals surface area contributed by atoms with Crippen LogP contribution in [0, 0.1) is 5.92 Å². The molecule has 25 heavy (non-hydrogen) atoms. The van der Waals surface area contributed by atoms with Crippen LogP contribution in [0.25, 0.3) is 0 Å². The predicted molar refractivity (Wildman–Crippen MR) is 84.6 cm³/mol. The number of ether oxygens (including phenoxy) is 1. The molecular formula is C11H17ClN5O7P. The molecule has 14 heteroatoms. The molecule has 0 bridgehead atoms. The number of rotatable bonds is 5. The van der Waals surface area contributed by atoms with Gasteiger partial charge in [-0.3, -0.25) is 9.09 Å². The van der Waals surface area contributed by atoms with Crippen molar-refractivity contribution in [1.82, 2.24) is 9.55 Å². The van der Waals surface area contributed by atoms with E-state index in [2.05, 4.69) is 19.8 Å². The number of hydrogen-bond acceptors (Lipinski definition) is 9. The summed E-state index contributed by atoms with van der Waals surface area (Å²) in [5.41, 5.74) is 5.21. The summed E-state index contributed by atoms with van der Waals surface area (Å²) >= 11 is 6.05. The van der Waals surface area contributed by atoms with E-state index in [1.165, 1.54) is 10.9 Å². The number of halogens is 1. The highest BCUT2D eigenvalue weighted by atomic mass is 35.5. The van der Waals surface area contributed by atoms with Crippen molar-refractivity contribution in [2.45, 2.75) is 23.9 Å². The number of alkyl halides is 1. The highest BCUT2D eigenvalue weighted by molar-refractivity contribution is 7.46. The maximum absolute atomic E-state index is 10.9. The molecule has 0 aliphatic carbocycles. The second kappa shape index (κ2) is 6.82. The minimum absolute atomic E-state index is 0.0572. The van der Waals surface area contributed by atoms with Crippen LogP contribution < -0.4 is 11.1 Å². The van der Waals surface area contributed by atoms with Gasteiger partial charge in [0.05, 0.1) is 25.6 Å². The third kappa shape index (κ3) is 3.66. The summed E-state index contributed by atoms with van der Waals surface area (Å²) in [6.45, 7) is -0.978. The van der Waals surface area contributed by atoms with Gasteiger partial charge in [0.1, 0.15) is 17.6 Å². The summed E-state index contributed by atoms with van der Waals surface area (Å²) in [4.78, 5) is 25.6. The van der Waals surface area contributed by atoms with E-state index >= 15 is 0 Å². The van der Waals surface area contributed by atoms with Crippen molar-refractivity contribution in [2.24, 2.45) is 16.6 Å². The fourth-order valence-corrected chi connectivity index (χ4v) is 3.40. The molecule has 1 fully saturated rings. The van der Waals surface area contributed by atoms with Crippen LogP contribution in [0.2, 0.25) is 0 Å². The molecule has 2 aliphatic rings. The highest BCUT2D eigenvalue weighted by Crippen LogP contribution is 2.42. The normalized spacial score (nSPS) is 32.2. The molecule has 3 unspecified atom stereocenters. The number of phosphoric acid groups is 1. The number of nitrogens with two attached hydrogens (primary N) is 1. The molecule has 0 radical (unpaired) electrons. The van der Waals surface area contributed by atoms with Gasteiger partial charge in [-0.25, -0.2) is 14.5 Å². The molecule has 3 heterocycles. The number of anilines is 1. The third-order valence-electron chi connectivity index (χ3n) is 3.96. The van der Waals surface area contributed by atoms with Crippen LogP contribution in [-0.2, 0) is 13.8 Å². The van der Waals surface area contributed by atoms with Crippen molar-refractivity contribution in [1.29, 1.82) is 0 Å². The van der Waals surface area contributed by atoms with Crippen molar-refractivity contribution >= 4 is 31.2 Å². The number of aliphatic hydroxyl groups excluding tert-OH is 2. The number of aliphatic hydroxyl groups is 2. The smallest absolute Gasteiger partial charge is 0.396 e. The van der Waals surface area contributed by atoms with E-state index in [4.69, 9.17) is 31.9 Å². The molecule has 0 aromatic carbocycles. The van der Waals surface area contributed by atoms with Gasteiger partial charge in [0.2, 0.25) is 0 Å². The van der Waals surface area contributed by atoms with Gasteiger partial charge in [-0.05, 0) is 0 Å². The monoisotopic (exact) mass is 397 g/mol. The van der Waals surface area contributed by atoms with Gasteiger partial charge in [-0.2, -0.15) is 0 Å². The van der Waals surface area contributed by atoms with Crippen molar-refractivity contribution in [3.8, 4) is 0 Å². The molecule has 1 aromatic rings. The van der Waals surface area contributed by atoms with Crippen molar-refractivity contribution < 1.29 is 33.8 Å². The molecule has 1 saturated heterocycles. The van der Waals surface area contributed by atoms with Gasteiger partial charge < -0.3 is 35.8 Å². The minimum atomic E-state index is -4.71. The molecular weight excluding hydrogens is 381 g/mol. The van der Waals surface area contributed by atoms with E-state index < -0.39 is 50.9 Å². The summed E-state index contributed by atoms with van der Waals surface area (Å²) in [6.07, 6.45) is -1.78. The maximum atomic E-state index is 10.9. The number of hydrogen-bond donors (Lipinski definition) is 6. The van der Waals surface area contributed by atoms with Gasteiger partial charge in [0.15, 0.2) is 17.7 Å². The second-order valence-corrected chi connectivity index (χ2v) is 7.20. The molecule has 5 atom stereocenters. The van der Waals surface area contributed by atoms with Crippen molar-refractivity contribution in [3.63, 3.8) is 0 Å². The van der Waals surface area contributed by atoms with Crippen LogP contribution >= 0.6 is 19.4 Å². The average molecular weight is 398 g/mol. The number of phosphoric ester groups is 1. The fraction of sp³-hybridized carbons (Fsp3) is 0.636. The van der Waals surface area contributed by atoms with Gasteiger partial charge in [-0.1, -0.05) is 11.6 Å². The van der Waals surface area contributed by atoms with Gasteiger partial charge in [0.25, 0.3) is 0 Å². The van der Waals surface area contributed by atoms with Crippen molar-refractivity contribution in [2.75, 3.05) is 18.5 Å². The number of aliphatic imine (C=N–C) groups is 1. The Hall–Kier alpha value is -1.24. The third-order valence-corrected chi connectivity index (χ3v) is 4.75. The largest absolute Gasteiger partial charge is 0.469 e. The zero-order valence-electron chi connectivity index (χ0n) is 12.6. The number of nitrogens with zero attached hydrogens (tertiary/aromatic N) is 3. The lowest BCUT2D eigenvalue weighted by molar-refractivity contribution is -0.0498. The first-order valence-corrected chi connectivity index (χ1v) is 9.13. The lowest BCUT2D eigenvalue weighted by atomic mass is 9.99. The molecule has 7 N–H and O–H groups in total. The maximum Gasteiger partial charge on any atom is 0.469 e. The number of nitrogens with one attached hydrogen (secondary N) is 1. The quantitative estimate of drug-likeness (QED) is 0.201. The SMILES string of the molecule is NC1=NC(Cl)c2ncn([C@@H]3O[C@H](COP(=O)(O)O)C(CO)C3O)c2N1. The number of aromatic nitrogens is 2. The number of imidazole rings is 1. The first kappa shape index (κ1) is 18.5. The van der Waals surface area contributed by atoms with E-state index in [0.717, 1.165) is 0 Å². The van der Waals surface area contributed by atoms with Crippen LogP contribution in [0.1, 0.15) is 17.4 Å². The Morgan fingerprint density at radius 2 is 2.24 bits per heavy atom. The van der Waals surface area contributed by atoms with Crippen LogP contribution in [0.3, 0.4) is 0 Å². The average Bonchev–Trinajstić information content (AvgIpc) is 3.05. The molecule has 0 amide bonds. The second-order valence-electron chi connectivity index (χ2n) is 5.55. The summed E-state index contributed by atoms with van der Waals surface area (Å²) in [5, 5.41) is 22.7. The van der Waals surface area contributed by atoms with Gasteiger partial charge >= 0.3 is 7.82 Å². The Morgan fingerprint density at radius 3 is 2.88 bits per heavy atom. The molecule has 0 saturated carbocycles. The number of guanidine groups is 1. The van der Waals surface area contributed by atoms with E-state index in [1.807, 2.05) is 0 Å². The van der Waals surface area contributed by atoms with E-state index in [1.54, 1.807) is 0 Å². The van der Waals surface area contributed by atoms with Crippen molar-refractivity contribution in [3.05, 3.63) is 12.0 Å². The Kier molecular flexibility index (Phi) is 5.06. The lowest BCUT2D eigenvalue weighted by Crippen LogP contribution is -2.32. The Morgan fingerprint density at radius 1 is 1.52 bits per heavy atom. The molecule has 140 valence electrons. The Labute approximate surface area is 146 Å². The van der Waals surface area contributed by atoms with Crippen LogP contribution in [-0.4, -0.2) is 60.9 Å². The molecule has 1 aromatic heterocycles. The van der Waals surface area contributed by atoms with Gasteiger partial charge in [-0.15, -0.1) is 0 Å². The Bertz CT molecular complexity index is 724. The Balaban J connectivity index is 1.83. The summed E-state index contributed by atoms with van der Waals surface area (Å²) < 4.78 is 22.4. The molecule has 0 spiro atoms. The topological polar surface area (TPSA) is 185 Å².